The summed E-state index contributed by atoms with van der Waals surface area (Å²) in [5.74, 6) is 0.974. The Morgan fingerprint density at radius 1 is 1.00 bits per heavy atom. The summed E-state index contributed by atoms with van der Waals surface area (Å²) in [6.45, 7) is 1.89. The molecule has 0 bridgehead atoms. The monoisotopic (exact) mass is 310 g/mol. The molecule has 1 N–H and O–H groups in total. The van der Waals surface area contributed by atoms with Crippen LogP contribution in [0.4, 0.5) is 13.2 Å². The smallest absolute Gasteiger partial charge is 0.439 e. The Labute approximate surface area is 124 Å². The minimum atomic E-state index is -4.70. The Hall–Kier alpha value is -2.28. The summed E-state index contributed by atoms with van der Waals surface area (Å²) >= 11 is 0. The second kappa shape index (κ2) is 5.84. The first-order chi connectivity index (χ1) is 10.5. The van der Waals surface area contributed by atoms with Crippen molar-refractivity contribution in [2.24, 2.45) is 0 Å². The summed E-state index contributed by atoms with van der Waals surface area (Å²) in [7, 11) is 0. The van der Waals surface area contributed by atoms with Gasteiger partial charge in [-0.25, -0.2) is 4.98 Å². The molecule has 1 fully saturated rings. The first-order valence-electron chi connectivity index (χ1n) is 6.70. The Kier molecular flexibility index (Phi) is 3.89. The summed E-state index contributed by atoms with van der Waals surface area (Å²) in [6, 6.07) is 8.86. The van der Waals surface area contributed by atoms with Crippen molar-refractivity contribution in [2.45, 2.75) is 12.3 Å². The van der Waals surface area contributed by atoms with Gasteiger partial charge in [-0.2, -0.15) is 0 Å². The number of rotatable bonds is 4. The molecule has 0 atom stereocenters. The Morgan fingerprint density at radius 2 is 1.68 bits per heavy atom. The third-order valence-corrected chi connectivity index (χ3v) is 3.29. The van der Waals surface area contributed by atoms with Crippen molar-refractivity contribution in [3.05, 3.63) is 48.2 Å². The number of aromatic nitrogens is 1. The molecule has 1 aromatic carbocycles. The number of halogens is 3. The van der Waals surface area contributed by atoms with E-state index in [0.29, 0.717) is 17.5 Å². The van der Waals surface area contributed by atoms with Gasteiger partial charge in [0, 0.05) is 31.3 Å². The van der Waals surface area contributed by atoms with Crippen molar-refractivity contribution in [1.29, 1.82) is 0 Å². The van der Waals surface area contributed by atoms with Crippen LogP contribution >= 0.6 is 0 Å². The lowest BCUT2D eigenvalue weighted by Gasteiger charge is -2.27. The fourth-order valence-electron chi connectivity index (χ4n) is 2.05. The summed E-state index contributed by atoms with van der Waals surface area (Å²) < 4.78 is 45.5. The highest BCUT2D eigenvalue weighted by Gasteiger charge is 2.31. The van der Waals surface area contributed by atoms with Gasteiger partial charge in [-0.05, 0) is 29.8 Å². The molecule has 1 saturated heterocycles. The zero-order chi connectivity index (χ0) is 15.6. The minimum Gasteiger partial charge on any atom is -0.439 e. The van der Waals surface area contributed by atoms with Crippen molar-refractivity contribution >= 4 is 0 Å². The van der Waals surface area contributed by atoms with E-state index in [9.17, 15) is 13.2 Å². The standard InChI is InChI=1S/C15H13F3N2O2/c16-15(17,18)22-13-4-2-12(3-5-13)21-14-6-1-10(9-20-14)11-7-19-8-11/h1-6,9,11,19H,7-8H2. The van der Waals surface area contributed by atoms with Gasteiger partial charge in [0.25, 0.3) is 0 Å². The van der Waals surface area contributed by atoms with Gasteiger partial charge in [-0.15, -0.1) is 13.2 Å². The van der Waals surface area contributed by atoms with E-state index in [1.165, 1.54) is 24.3 Å². The second-order valence-electron chi connectivity index (χ2n) is 4.91. The van der Waals surface area contributed by atoms with Crippen molar-refractivity contribution < 1.29 is 22.6 Å². The maximum Gasteiger partial charge on any atom is 0.573 e. The van der Waals surface area contributed by atoms with Gasteiger partial charge in [-0.3, -0.25) is 0 Å². The third kappa shape index (κ3) is 3.67. The fraction of sp³-hybridized carbons (Fsp3) is 0.267. The van der Waals surface area contributed by atoms with E-state index in [1.54, 1.807) is 12.3 Å². The van der Waals surface area contributed by atoms with Gasteiger partial charge in [0.1, 0.15) is 11.5 Å². The van der Waals surface area contributed by atoms with E-state index in [0.717, 1.165) is 18.7 Å². The van der Waals surface area contributed by atoms with E-state index in [4.69, 9.17) is 4.74 Å². The van der Waals surface area contributed by atoms with E-state index in [2.05, 4.69) is 15.0 Å². The van der Waals surface area contributed by atoms with Crippen LogP contribution < -0.4 is 14.8 Å². The third-order valence-electron chi connectivity index (χ3n) is 3.29. The van der Waals surface area contributed by atoms with Crippen LogP contribution in [0.15, 0.2) is 42.6 Å². The molecule has 2 aromatic rings. The summed E-state index contributed by atoms with van der Waals surface area (Å²) in [5.41, 5.74) is 1.14. The van der Waals surface area contributed by atoms with E-state index < -0.39 is 6.36 Å². The summed E-state index contributed by atoms with van der Waals surface area (Å²) in [4.78, 5) is 4.20. The summed E-state index contributed by atoms with van der Waals surface area (Å²) in [5, 5.41) is 3.18. The normalized spacial score (nSPS) is 15.2. The minimum absolute atomic E-state index is 0.291. The van der Waals surface area contributed by atoms with Crippen molar-refractivity contribution in [2.75, 3.05) is 13.1 Å². The molecule has 0 aliphatic carbocycles. The van der Waals surface area contributed by atoms with E-state index in [1.807, 2.05) is 6.07 Å². The van der Waals surface area contributed by atoms with Crippen LogP contribution in [-0.4, -0.2) is 24.4 Å². The van der Waals surface area contributed by atoms with Crippen LogP contribution in [0.3, 0.4) is 0 Å². The molecule has 0 amide bonds. The number of pyridine rings is 1. The highest BCUT2D eigenvalue weighted by atomic mass is 19.4. The summed E-state index contributed by atoms with van der Waals surface area (Å²) in [6.07, 6.45) is -2.95. The zero-order valence-corrected chi connectivity index (χ0v) is 11.4. The number of benzene rings is 1. The molecular formula is C15H13F3N2O2. The highest BCUT2D eigenvalue weighted by Crippen LogP contribution is 2.27. The molecule has 116 valence electrons. The number of alkyl halides is 3. The molecule has 0 radical (unpaired) electrons. The molecule has 7 heteroatoms. The Balaban J connectivity index is 1.62. The SMILES string of the molecule is FC(F)(F)Oc1ccc(Oc2ccc(C3CNC3)cn2)cc1. The molecule has 1 aromatic heterocycles. The molecule has 3 rings (SSSR count). The Morgan fingerprint density at radius 3 is 2.18 bits per heavy atom. The highest BCUT2D eigenvalue weighted by molar-refractivity contribution is 5.34. The van der Waals surface area contributed by atoms with Crippen LogP contribution in [0.5, 0.6) is 17.4 Å². The second-order valence-corrected chi connectivity index (χ2v) is 4.91. The van der Waals surface area contributed by atoms with Gasteiger partial charge >= 0.3 is 6.36 Å². The van der Waals surface area contributed by atoms with Crippen molar-refractivity contribution in [1.82, 2.24) is 10.3 Å². The molecule has 4 nitrogen and oxygen atoms in total. The van der Waals surface area contributed by atoms with E-state index >= 15 is 0 Å². The van der Waals surface area contributed by atoms with Crippen LogP contribution in [0.1, 0.15) is 11.5 Å². The number of ether oxygens (including phenoxy) is 2. The molecule has 0 spiro atoms. The first-order valence-corrected chi connectivity index (χ1v) is 6.70. The number of nitrogens with zero attached hydrogens (tertiary/aromatic N) is 1. The van der Waals surface area contributed by atoms with Gasteiger partial charge in [0.15, 0.2) is 0 Å². The lowest BCUT2D eigenvalue weighted by atomic mass is 9.95. The van der Waals surface area contributed by atoms with Crippen LogP contribution in [0, 0.1) is 0 Å². The van der Waals surface area contributed by atoms with Gasteiger partial charge < -0.3 is 14.8 Å². The quantitative estimate of drug-likeness (QED) is 0.939. The van der Waals surface area contributed by atoms with Crippen LogP contribution in [0.25, 0.3) is 0 Å². The molecule has 22 heavy (non-hydrogen) atoms. The molecular weight excluding hydrogens is 297 g/mol. The van der Waals surface area contributed by atoms with Crippen molar-refractivity contribution in [3.8, 4) is 17.4 Å². The number of nitrogens with one attached hydrogen (secondary N) is 1. The zero-order valence-electron chi connectivity index (χ0n) is 11.4. The predicted molar refractivity (Wildman–Crippen MR) is 73.0 cm³/mol. The fourth-order valence-corrected chi connectivity index (χ4v) is 2.05. The predicted octanol–water partition coefficient (Wildman–Crippen LogP) is 3.46. The topological polar surface area (TPSA) is 43.4 Å². The largest absolute Gasteiger partial charge is 0.573 e. The molecule has 0 unspecified atom stereocenters. The van der Waals surface area contributed by atoms with Gasteiger partial charge in [0.2, 0.25) is 5.88 Å². The molecule has 0 saturated carbocycles. The first kappa shape index (κ1) is 14.6. The lowest BCUT2D eigenvalue weighted by Crippen LogP contribution is -2.39. The maximum atomic E-state index is 12.1. The average Bonchev–Trinajstić information content (AvgIpc) is 2.40. The van der Waals surface area contributed by atoms with Gasteiger partial charge in [-0.1, -0.05) is 6.07 Å². The van der Waals surface area contributed by atoms with Gasteiger partial charge in [0.05, 0.1) is 0 Å². The van der Waals surface area contributed by atoms with Crippen LogP contribution in [0.2, 0.25) is 0 Å². The molecule has 1 aliphatic rings. The number of hydrogen-bond donors (Lipinski definition) is 1. The van der Waals surface area contributed by atoms with Crippen molar-refractivity contribution in [3.63, 3.8) is 0 Å². The Bertz CT molecular complexity index is 623. The molecule has 1 aliphatic heterocycles. The van der Waals surface area contributed by atoms with Crippen LogP contribution in [-0.2, 0) is 0 Å². The number of hydrogen-bond acceptors (Lipinski definition) is 4. The average molecular weight is 310 g/mol. The van der Waals surface area contributed by atoms with E-state index in [-0.39, 0.29) is 5.75 Å². The lowest BCUT2D eigenvalue weighted by molar-refractivity contribution is -0.274. The maximum absolute atomic E-state index is 12.1. The molecule has 2 heterocycles.